The van der Waals surface area contributed by atoms with Crippen molar-refractivity contribution < 1.29 is 0 Å². The number of likely N-dealkylation sites (tertiary alicyclic amines) is 2. The van der Waals surface area contributed by atoms with Crippen LogP contribution in [0.15, 0.2) is 4.99 Å². The number of piperidine rings is 1. The average molecular weight is 479 g/mol. The van der Waals surface area contributed by atoms with Crippen molar-refractivity contribution in [3.05, 3.63) is 0 Å². The Balaban J connectivity index is 0.00000338. The van der Waals surface area contributed by atoms with Crippen molar-refractivity contribution in [2.24, 2.45) is 4.99 Å². The maximum atomic E-state index is 4.84. The van der Waals surface area contributed by atoms with E-state index in [0.29, 0.717) is 6.04 Å². The minimum Gasteiger partial charge on any atom is -0.357 e. The fraction of sp³-hybridized carbons (Fsp3) is 0.950. The van der Waals surface area contributed by atoms with Gasteiger partial charge in [0.05, 0.1) is 6.54 Å². The number of rotatable bonds is 9. The maximum Gasteiger partial charge on any atom is 0.191 e. The van der Waals surface area contributed by atoms with Crippen LogP contribution in [0.4, 0.5) is 0 Å². The first-order valence-electron chi connectivity index (χ1n) is 10.7. The Kier molecular flexibility index (Phi) is 12.9. The molecule has 0 radical (unpaired) electrons. The largest absolute Gasteiger partial charge is 0.357 e. The first kappa shape index (κ1) is 24.0. The van der Waals surface area contributed by atoms with Gasteiger partial charge in [-0.25, -0.2) is 0 Å². The topological polar surface area (TPSA) is 42.9 Å². The molecule has 6 heteroatoms. The summed E-state index contributed by atoms with van der Waals surface area (Å²) in [6.07, 6.45) is 9.30. The monoisotopic (exact) mass is 479 g/mol. The summed E-state index contributed by atoms with van der Waals surface area (Å²) in [7, 11) is 0. The summed E-state index contributed by atoms with van der Waals surface area (Å²) in [6, 6.07) is 1.43. The van der Waals surface area contributed by atoms with Gasteiger partial charge in [-0.2, -0.15) is 0 Å². The van der Waals surface area contributed by atoms with Crippen LogP contribution in [0.2, 0.25) is 0 Å². The number of guanidine groups is 1. The lowest BCUT2D eigenvalue weighted by atomic mass is 10.0. The van der Waals surface area contributed by atoms with Crippen molar-refractivity contribution in [3.8, 4) is 0 Å². The number of likely N-dealkylation sites (N-methyl/N-ethyl adjacent to an activating group) is 1. The fourth-order valence-electron chi connectivity index (χ4n) is 4.19. The Bertz CT molecular complexity index is 390. The second-order valence-electron chi connectivity index (χ2n) is 7.66. The minimum atomic E-state index is 0. The van der Waals surface area contributed by atoms with Crippen LogP contribution >= 0.6 is 24.0 Å². The minimum absolute atomic E-state index is 0. The van der Waals surface area contributed by atoms with Crippen LogP contribution in [0.3, 0.4) is 0 Å². The van der Waals surface area contributed by atoms with E-state index in [1.54, 1.807) is 0 Å². The number of nitrogens with zero attached hydrogens (tertiary/aromatic N) is 3. The second kappa shape index (κ2) is 14.0. The average Bonchev–Trinajstić information content (AvgIpc) is 3.08. The molecular weight excluding hydrogens is 437 g/mol. The molecule has 2 saturated heterocycles. The summed E-state index contributed by atoms with van der Waals surface area (Å²) >= 11 is 0. The first-order chi connectivity index (χ1) is 12.2. The highest BCUT2D eigenvalue weighted by atomic mass is 127. The van der Waals surface area contributed by atoms with Gasteiger partial charge >= 0.3 is 0 Å². The van der Waals surface area contributed by atoms with E-state index < -0.39 is 0 Å². The van der Waals surface area contributed by atoms with Crippen LogP contribution in [0.25, 0.3) is 0 Å². The molecule has 0 aromatic rings. The van der Waals surface area contributed by atoms with E-state index in [4.69, 9.17) is 4.99 Å². The van der Waals surface area contributed by atoms with Crippen LogP contribution < -0.4 is 10.6 Å². The third kappa shape index (κ3) is 8.30. The van der Waals surface area contributed by atoms with Crippen molar-refractivity contribution in [3.63, 3.8) is 0 Å². The molecule has 2 fully saturated rings. The summed E-state index contributed by atoms with van der Waals surface area (Å²) < 4.78 is 0. The summed E-state index contributed by atoms with van der Waals surface area (Å²) in [5.74, 6) is 0.997. The number of nitrogens with one attached hydrogen (secondary N) is 2. The number of unbranched alkanes of at least 4 members (excludes halogenated alkanes) is 1. The van der Waals surface area contributed by atoms with Gasteiger partial charge in [-0.1, -0.05) is 13.3 Å². The van der Waals surface area contributed by atoms with Crippen molar-refractivity contribution >= 4 is 29.9 Å². The smallest absolute Gasteiger partial charge is 0.191 e. The molecule has 2 rings (SSSR count). The maximum absolute atomic E-state index is 4.84. The van der Waals surface area contributed by atoms with Crippen LogP contribution in [-0.2, 0) is 0 Å². The highest BCUT2D eigenvalue weighted by molar-refractivity contribution is 14.0. The Labute approximate surface area is 178 Å². The zero-order valence-corrected chi connectivity index (χ0v) is 19.6. The van der Waals surface area contributed by atoms with Gasteiger partial charge in [0, 0.05) is 25.2 Å². The molecule has 0 saturated carbocycles. The van der Waals surface area contributed by atoms with Gasteiger partial charge in [0.1, 0.15) is 0 Å². The van der Waals surface area contributed by atoms with E-state index in [2.05, 4.69) is 41.2 Å². The van der Waals surface area contributed by atoms with E-state index in [-0.39, 0.29) is 24.0 Å². The van der Waals surface area contributed by atoms with E-state index in [9.17, 15) is 0 Å². The lowest BCUT2D eigenvalue weighted by molar-refractivity contribution is 0.158. The third-order valence-corrected chi connectivity index (χ3v) is 5.81. The number of halogens is 1. The molecule has 0 aliphatic carbocycles. The van der Waals surface area contributed by atoms with Gasteiger partial charge in [-0.05, 0) is 78.6 Å². The van der Waals surface area contributed by atoms with E-state index in [1.807, 2.05) is 0 Å². The van der Waals surface area contributed by atoms with E-state index in [1.165, 1.54) is 64.6 Å². The lowest BCUT2D eigenvalue weighted by Gasteiger charge is -2.33. The number of hydrogen-bond donors (Lipinski definition) is 2. The molecule has 2 atom stereocenters. The first-order valence-corrected chi connectivity index (χ1v) is 10.7. The Morgan fingerprint density at radius 1 is 1.00 bits per heavy atom. The van der Waals surface area contributed by atoms with Gasteiger partial charge in [0.2, 0.25) is 0 Å². The zero-order chi connectivity index (χ0) is 17.9. The molecule has 0 aromatic heterocycles. The van der Waals surface area contributed by atoms with Crippen LogP contribution in [-0.4, -0.2) is 73.7 Å². The predicted molar refractivity (Wildman–Crippen MR) is 124 cm³/mol. The van der Waals surface area contributed by atoms with E-state index in [0.717, 1.165) is 38.2 Å². The van der Waals surface area contributed by atoms with Gasteiger partial charge in [0.15, 0.2) is 5.96 Å². The van der Waals surface area contributed by atoms with E-state index >= 15 is 0 Å². The molecule has 5 nitrogen and oxygen atoms in total. The normalized spacial score (nSPS) is 25.1. The molecule has 0 aromatic carbocycles. The molecule has 2 heterocycles. The molecule has 154 valence electrons. The highest BCUT2D eigenvalue weighted by Gasteiger charge is 2.22. The van der Waals surface area contributed by atoms with Crippen LogP contribution in [0, 0.1) is 0 Å². The Morgan fingerprint density at radius 3 is 2.54 bits per heavy atom. The molecule has 2 aliphatic heterocycles. The molecular formula is C20H42IN5. The van der Waals surface area contributed by atoms with Crippen molar-refractivity contribution in [2.45, 2.75) is 77.8 Å². The predicted octanol–water partition coefficient (Wildman–Crippen LogP) is 3.30. The summed E-state index contributed by atoms with van der Waals surface area (Å²) in [5.41, 5.74) is 0. The Morgan fingerprint density at radius 2 is 1.81 bits per heavy atom. The SMILES string of the molecule is CCNC(=NCC1CCCN1CC)NCCCCN1CCCCC1C.I. The summed E-state index contributed by atoms with van der Waals surface area (Å²) in [4.78, 5) is 10.1. The molecule has 0 bridgehead atoms. The molecule has 26 heavy (non-hydrogen) atoms. The Hall–Kier alpha value is -0.0800. The quantitative estimate of drug-likeness (QED) is 0.231. The van der Waals surface area contributed by atoms with Crippen molar-refractivity contribution in [1.82, 2.24) is 20.4 Å². The highest BCUT2D eigenvalue weighted by Crippen LogP contribution is 2.17. The standard InChI is InChI=1S/C20H41N5.HI/c1-4-21-20(23-17-19-12-10-16-24(19)5-2)22-13-7-9-15-25-14-8-6-11-18(25)3;/h18-19H,4-17H2,1-3H3,(H2,21,22,23);1H. The number of hydrogen-bond acceptors (Lipinski definition) is 3. The number of aliphatic imine (C=N–C) groups is 1. The fourth-order valence-corrected chi connectivity index (χ4v) is 4.19. The van der Waals surface area contributed by atoms with Crippen LogP contribution in [0.5, 0.6) is 0 Å². The van der Waals surface area contributed by atoms with Crippen molar-refractivity contribution in [2.75, 3.05) is 45.8 Å². The summed E-state index contributed by atoms with van der Waals surface area (Å²) in [5, 5.41) is 6.92. The molecule has 0 spiro atoms. The molecule has 0 amide bonds. The summed E-state index contributed by atoms with van der Waals surface area (Å²) in [6.45, 7) is 14.6. The van der Waals surface area contributed by atoms with Gasteiger partial charge in [-0.15, -0.1) is 24.0 Å². The molecule has 2 unspecified atom stereocenters. The van der Waals surface area contributed by atoms with Gasteiger partial charge in [-0.3, -0.25) is 9.89 Å². The van der Waals surface area contributed by atoms with Gasteiger partial charge < -0.3 is 15.5 Å². The molecule has 2 aliphatic rings. The van der Waals surface area contributed by atoms with Crippen molar-refractivity contribution in [1.29, 1.82) is 0 Å². The second-order valence-corrected chi connectivity index (χ2v) is 7.66. The van der Waals surface area contributed by atoms with Gasteiger partial charge in [0.25, 0.3) is 0 Å². The third-order valence-electron chi connectivity index (χ3n) is 5.81. The molecule has 2 N–H and O–H groups in total. The zero-order valence-electron chi connectivity index (χ0n) is 17.3. The lowest BCUT2D eigenvalue weighted by Crippen LogP contribution is -2.40. The van der Waals surface area contributed by atoms with Crippen LogP contribution in [0.1, 0.15) is 65.7 Å².